The average Bonchev–Trinajstić information content (AvgIpc) is 3.63. The van der Waals surface area contributed by atoms with Gasteiger partial charge >= 0.3 is 0 Å². The molecule has 0 atom stereocenters. The van der Waals surface area contributed by atoms with Gasteiger partial charge in [-0.25, -0.2) is 0 Å². The van der Waals surface area contributed by atoms with Crippen molar-refractivity contribution in [3.63, 3.8) is 0 Å². The molecule has 0 bridgehead atoms. The van der Waals surface area contributed by atoms with Gasteiger partial charge in [-0.1, -0.05) is 12.1 Å². The molecule has 6 aromatic heterocycles. The Kier molecular flexibility index (Phi) is 4.04. The van der Waals surface area contributed by atoms with Gasteiger partial charge in [0.05, 0.1) is 30.5 Å². The highest BCUT2D eigenvalue weighted by Gasteiger charge is 2.16. The van der Waals surface area contributed by atoms with E-state index in [2.05, 4.69) is 70.6 Å². The van der Waals surface area contributed by atoms with E-state index in [0.29, 0.717) is 0 Å². The summed E-state index contributed by atoms with van der Waals surface area (Å²) < 4.78 is 8.20. The highest BCUT2D eigenvalue weighted by atomic mass is 32.1. The van der Waals surface area contributed by atoms with E-state index in [0.717, 1.165) is 11.4 Å². The number of hydrogen-bond donors (Lipinski definition) is 0. The highest BCUT2D eigenvalue weighted by molar-refractivity contribution is 7.37. The lowest BCUT2D eigenvalue weighted by molar-refractivity contribution is 1.34. The summed E-state index contributed by atoms with van der Waals surface area (Å²) in [7, 11) is 0. The van der Waals surface area contributed by atoms with E-state index in [4.69, 9.17) is 0 Å². The van der Waals surface area contributed by atoms with Crippen LogP contribution in [0.25, 0.3) is 70.9 Å². The summed E-state index contributed by atoms with van der Waals surface area (Å²) in [4.78, 5) is 11.5. The fourth-order valence-electron chi connectivity index (χ4n) is 4.60. The number of aromatic nitrogens is 2. The van der Waals surface area contributed by atoms with E-state index in [1.807, 2.05) is 69.9 Å². The van der Waals surface area contributed by atoms with Crippen LogP contribution >= 0.6 is 45.3 Å². The van der Waals surface area contributed by atoms with Crippen LogP contribution in [-0.4, -0.2) is 9.97 Å². The Balaban J connectivity index is 1.32. The molecule has 0 aliphatic rings. The monoisotopic (exact) mass is 506 g/mol. The van der Waals surface area contributed by atoms with Gasteiger partial charge in [-0.3, -0.25) is 9.97 Å². The molecule has 0 N–H and O–H groups in total. The minimum absolute atomic E-state index is 1.05. The quantitative estimate of drug-likeness (QED) is 0.233. The Morgan fingerprint density at radius 3 is 1.41 bits per heavy atom. The van der Waals surface area contributed by atoms with Crippen molar-refractivity contribution < 1.29 is 0 Å². The van der Waals surface area contributed by atoms with Gasteiger partial charge in [0.2, 0.25) is 0 Å². The van der Waals surface area contributed by atoms with Crippen LogP contribution in [0.15, 0.2) is 85.2 Å². The van der Waals surface area contributed by atoms with Gasteiger partial charge in [0, 0.05) is 42.0 Å². The summed E-state index contributed by atoms with van der Waals surface area (Å²) in [5.41, 5.74) is 2.09. The Morgan fingerprint density at radius 1 is 0.471 bits per heavy atom. The van der Waals surface area contributed by atoms with E-state index in [1.54, 1.807) is 0 Å². The zero-order valence-electron chi connectivity index (χ0n) is 17.6. The summed E-state index contributed by atoms with van der Waals surface area (Å²) in [5.74, 6) is 0. The molecule has 8 aromatic rings. The molecule has 6 heterocycles. The van der Waals surface area contributed by atoms with Crippen LogP contribution in [0.1, 0.15) is 0 Å². The second-order valence-corrected chi connectivity index (χ2v) is 12.6. The molecule has 8 rings (SSSR count). The van der Waals surface area contributed by atoms with Crippen molar-refractivity contribution >= 4 is 95.1 Å². The minimum Gasteiger partial charge on any atom is -0.255 e. The van der Waals surface area contributed by atoms with Gasteiger partial charge in [-0.05, 0) is 71.4 Å². The van der Waals surface area contributed by atoms with Crippen molar-refractivity contribution in [2.45, 2.75) is 0 Å². The second-order valence-electron chi connectivity index (χ2n) is 8.29. The Bertz CT molecular complexity index is 1860. The SMILES string of the molecule is c1ccc(-c2cc3cc4c(cc3s2)sc2c3cc5cc(-c6ccccn6)sc5cc3sc42)nc1. The zero-order valence-corrected chi connectivity index (χ0v) is 20.9. The summed E-state index contributed by atoms with van der Waals surface area (Å²) in [6, 6.07) is 26.3. The number of fused-ring (bicyclic) bond motifs is 7. The molecular weight excluding hydrogens is 493 g/mol. The van der Waals surface area contributed by atoms with Gasteiger partial charge < -0.3 is 0 Å². The van der Waals surface area contributed by atoms with Crippen molar-refractivity contribution in [3.05, 3.63) is 85.2 Å². The zero-order chi connectivity index (χ0) is 22.2. The van der Waals surface area contributed by atoms with Gasteiger partial charge in [-0.2, -0.15) is 0 Å². The van der Waals surface area contributed by atoms with Gasteiger partial charge in [0.15, 0.2) is 0 Å². The van der Waals surface area contributed by atoms with Crippen LogP contribution < -0.4 is 0 Å². The summed E-state index contributed by atoms with van der Waals surface area (Å²) >= 11 is 7.50. The average molecular weight is 507 g/mol. The fourth-order valence-corrected chi connectivity index (χ4v) is 9.54. The largest absolute Gasteiger partial charge is 0.255 e. The van der Waals surface area contributed by atoms with E-state index in [1.165, 1.54) is 59.5 Å². The Morgan fingerprint density at radius 2 is 0.971 bits per heavy atom. The second kappa shape index (κ2) is 7.17. The summed E-state index contributed by atoms with van der Waals surface area (Å²) in [5, 5.41) is 5.35. The van der Waals surface area contributed by atoms with Gasteiger partial charge in [-0.15, -0.1) is 45.3 Å². The maximum Gasteiger partial charge on any atom is 0.0802 e. The lowest BCUT2D eigenvalue weighted by atomic mass is 10.1. The molecule has 0 saturated heterocycles. The molecule has 0 unspecified atom stereocenters. The van der Waals surface area contributed by atoms with Crippen LogP contribution in [0.3, 0.4) is 0 Å². The number of benzene rings is 2. The standard InChI is InChI=1S/C28H14N2S4/c1-3-7-29-19(5-1)25-11-15-9-17-23(13-21(15)31-25)33-28-18-10-16-12-26(20-6-2-4-8-30-20)32-22(16)14-24(18)34-27(17)28/h1-14H. The van der Waals surface area contributed by atoms with Crippen molar-refractivity contribution in [2.24, 2.45) is 0 Å². The summed E-state index contributed by atoms with van der Waals surface area (Å²) in [6.07, 6.45) is 3.73. The molecule has 0 amide bonds. The molecule has 0 aliphatic carbocycles. The van der Waals surface area contributed by atoms with Crippen LogP contribution in [-0.2, 0) is 0 Å². The van der Waals surface area contributed by atoms with Crippen molar-refractivity contribution in [3.8, 4) is 21.1 Å². The number of thiophene rings is 4. The minimum atomic E-state index is 1.05. The van der Waals surface area contributed by atoms with Crippen molar-refractivity contribution in [1.29, 1.82) is 0 Å². The van der Waals surface area contributed by atoms with Crippen LogP contribution in [0.5, 0.6) is 0 Å². The third-order valence-electron chi connectivity index (χ3n) is 6.19. The molecule has 0 saturated carbocycles. The van der Waals surface area contributed by atoms with Crippen LogP contribution in [0, 0.1) is 0 Å². The van der Waals surface area contributed by atoms with Crippen LogP contribution in [0.4, 0.5) is 0 Å². The first-order valence-electron chi connectivity index (χ1n) is 10.9. The van der Waals surface area contributed by atoms with E-state index in [9.17, 15) is 0 Å². The lowest BCUT2D eigenvalue weighted by Crippen LogP contribution is -1.75. The molecule has 6 heteroatoms. The summed E-state index contributed by atoms with van der Waals surface area (Å²) in [6.45, 7) is 0. The molecule has 2 nitrogen and oxygen atoms in total. The molecule has 0 aliphatic heterocycles. The smallest absolute Gasteiger partial charge is 0.0802 e. The predicted octanol–water partition coefficient (Wildman–Crippen LogP) is 9.82. The maximum atomic E-state index is 4.54. The molecule has 2 aromatic carbocycles. The number of hydrogen-bond acceptors (Lipinski definition) is 6. The molecule has 34 heavy (non-hydrogen) atoms. The first-order chi connectivity index (χ1) is 16.8. The third kappa shape index (κ3) is 2.83. The van der Waals surface area contributed by atoms with Crippen LogP contribution in [0.2, 0.25) is 0 Å². The lowest BCUT2D eigenvalue weighted by Gasteiger charge is -1.93. The molecule has 0 radical (unpaired) electrons. The molecular formula is C28H14N2S4. The van der Waals surface area contributed by atoms with E-state index >= 15 is 0 Å². The number of pyridine rings is 2. The Hall–Kier alpha value is -3.16. The van der Waals surface area contributed by atoms with Crippen molar-refractivity contribution in [2.75, 3.05) is 0 Å². The predicted molar refractivity (Wildman–Crippen MR) is 152 cm³/mol. The van der Waals surface area contributed by atoms with Gasteiger partial charge in [0.1, 0.15) is 0 Å². The molecule has 160 valence electrons. The molecule has 0 spiro atoms. The van der Waals surface area contributed by atoms with E-state index in [-0.39, 0.29) is 0 Å². The highest BCUT2D eigenvalue weighted by Crippen LogP contribution is 2.48. The number of nitrogens with zero attached hydrogens (tertiary/aromatic N) is 2. The first-order valence-corrected chi connectivity index (χ1v) is 14.2. The first kappa shape index (κ1) is 19.2. The van der Waals surface area contributed by atoms with E-state index < -0.39 is 0 Å². The Labute approximate surface area is 210 Å². The van der Waals surface area contributed by atoms with Gasteiger partial charge in [0.25, 0.3) is 0 Å². The third-order valence-corrected chi connectivity index (χ3v) is 10.9. The normalized spacial score (nSPS) is 12.1. The molecule has 0 fully saturated rings. The maximum absolute atomic E-state index is 4.54. The van der Waals surface area contributed by atoms with Crippen molar-refractivity contribution in [1.82, 2.24) is 9.97 Å². The number of rotatable bonds is 2. The topological polar surface area (TPSA) is 25.8 Å². The fraction of sp³-hybridized carbons (Fsp3) is 0.